The summed E-state index contributed by atoms with van der Waals surface area (Å²) in [4.78, 5) is 0. The fourth-order valence-electron chi connectivity index (χ4n) is 2.93. The quantitative estimate of drug-likeness (QED) is 0.768. The summed E-state index contributed by atoms with van der Waals surface area (Å²) in [7, 11) is 2.09. The van der Waals surface area contributed by atoms with Crippen molar-refractivity contribution in [3.63, 3.8) is 0 Å². The van der Waals surface area contributed by atoms with Crippen LogP contribution in [-0.4, -0.2) is 9.67 Å². The molecule has 0 aliphatic carbocycles. The number of para-hydroxylation sites is 1. The van der Waals surface area contributed by atoms with E-state index in [0.29, 0.717) is 0 Å². The Hall–Kier alpha value is -2.06. The van der Waals surface area contributed by atoms with Crippen LogP contribution in [0.2, 0.25) is 0 Å². The first-order valence-corrected chi connectivity index (χ1v) is 7.01. The molecular formula is C18H19NO. The zero-order valence-corrected chi connectivity index (χ0v) is 11.7. The van der Waals surface area contributed by atoms with E-state index in [2.05, 4.69) is 48.0 Å². The number of aromatic nitrogens is 1. The second-order valence-corrected chi connectivity index (χ2v) is 5.15. The molecule has 0 amide bonds. The number of aliphatic hydroxyl groups is 1. The van der Waals surface area contributed by atoms with Crippen molar-refractivity contribution >= 4 is 10.9 Å². The molecule has 2 heteroatoms. The van der Waals surface area contributed by atoms with E-state index in [1.807, 2.05) is 18.2 Å². The van der Waals surface area contributed by atoms with Crippen LogP contribution in [-0.2, 0) is 26.5 Å². The van der Waals surface area contributed by atoms with Gasteiger partial charge in [-0.3, -0.25) is 0 Å². The van der Waals surface area contributed by atoms with Gasteiger partial charge < -0.3 is 9.67 Å². The van der Waals surface area contributed by atoms with Crippen LogP contribution >= 0.6 is 0 Å². The molecule has 1 heterocycles. The fourth-order valence-corrected chi connectivity index (χ4v) is 2.93. The molecule has 20 heavy (non-hydrogen) atoms. The number of rotatable bonds is 4. The van der Waals surface area contributed by atoms with Crippen LogP contribution in [0.1, 0.15) is 16.8 Å². The molecule has 102 valence electrons. The Bertz CT molecular complexity index is 713. The van der Waals surface area contributed by atoms with Gasteiger partial charge in [-0.1, -0.05) is 48.5 Å². The lowest BCUT2D eigenvalue weighted by molar-refractivity contribution is 0.281. The maximum atomic E-state index is 9.71. The highest BCUT2D eigenvalue weighted by atomic mass is 16.3. The predicted molar refractivity (Wildman–Crippen MR) is 82.7 cm³/mol. The van der Waals surface area contributed by atoms with Crippen LogP contribution in [0.25, 0.3) is 10.9 Å². The lowest BCUT2D eigenvalue weighted by Gasteiger charge is -2.07. The maximum absolute atomic E-state index is 9.71. The molecule has 0 radical (unpaired) electrons. The highest BCUT2D eigenvalue weighted by Crippen LogP contribution is 2.26. The molecule has 0 bridgehead atoms. The molecular weight excluding hydrogens is 246 g/mol. The molecule has 3 aromatic rings. The molecule has 3 rings (SSSR count). The van der Waals surface area contributed by atoms with Gasteiger partial charge in [0.2, 0.25) is 0 Å². The summed E-state index contributed by atoms with van der Waals surface area (Å²) in [5, 5.41) is 10.9. The van der Waals surface area contributed by atoms with E-state index in [0.717, 1.165) is 18.4 Å². The van der Waals surface area contributed by atoms with Crippen molar-refractivity contribution in [2.75, 3.05) is 0 Å². The minimum Gasteiger partial charge on any atom is -0.392 e. The van der Waals surface area contributed by atoms with Crippen LogP contribution in [0, 0.1) is 0 Å². The molecule has 1 N–H and O–H groups in total. The van der Waals surface area contributed by atoms with Crippen molar-refractivity contribution in [3.05, 3.63) is 71.4 Å². The fraction of sp³-hybridized carbons (Fsp3) is 0.222. The Kier molecular flexibility index (Phi) is 3.57. The second kappa shape index (κ2) is 5.51. The van der Waals surface area contributed by atoms with E-state index in [9.17, 15) is 5.11 Å². The highest BCUT2D eigenvalue weighted by molar-refractivity contribution is 5.85. The third-order valence-corrected chi connectivity index (χ3v) is 4.00. The zero-order valence-electron chi connectivity index (χ0n) is 11.7. The van der Waals surface area contributed by atoms with E-state index in [1.54, 1.807) is 0 Å². The van der Waals surface area contributed by atoms with Gasteiger partial charge >= 0.3 is 0 Å². The van der Waals surface area contributed by atoms with E-state index in [4.69, 9.17) is 0 Å². The van der Waals surface area contributed by atoms with Gasteiger partial charge in [-0.15, -0.1) is 0 Å². The van der Waals surface area contributed by atoms with E-state index >= 15 is 0 Å². The standard InChI is InChI=1S/C18H19NO/c1-19-17-10-6-5-9-15(17)16(13-20)18(19)12-11-14-7-3-2-4-8-14/h2-10,20H,11-13H2,1H3. The van der Waals surface area contributed by atoms with Gasteiger partial charge in [0.1, 0.15) is 0 Å². The van der Waals surface area contributed by atoms with Crippen molar-refractivity contribution in [2.24, 2.45) is 7.05 Å². The number of hydrogen-bond acceptors (Lipinski definition) is 1. The second-order valence-electron chi connectivity index (χ2n) is 5.15. The summed E-state index contributed by atoms with van der Waals surface area (Å²) >= 11 is 0. The van der Waals surface area contributed by atoms with Crippen molar-refractivity contribution < 1.29 is 5.11 Å². The first kappa shape index (κ1) is 12.9. The van der Waals surface area contributed by atoms with Gasteiger partial charge in [0.25, 0.3) is 0 Å². The molecule has 2 aromatic carbocycles. The summed E-state index contributed by atoms with van der Waals surface area (Å²) in [5.74, 6) is 0. The van der Waals surface area contributed by atoms with Gasteiger partial charge in [-0.25, -0.2) is 0 Å². The first-order valence-electron chi connectivity index (χ1n) is 7.01. The first-order chi connectivity index (χ1) is 9.81. The highest BCUT2D eigenvalue weighted by Gasteiger charge is 2.13. The van der Waals surface area contributed by atoms with E-state index in [-0.39, 0.29) is 6.61 Å². The monoisotopic (exact) mass is 265 g/mol. The Morgan fingerprint density at radius 2 is 1.60 bits per heavy atom. The molecule has 0 aliphatic rings. The minimum absolute atomic E-state index is 0.103. The molecule has 0 aliphatic heterocycles. The third-order valence-electron chi connectivity index (χ3n) is 4.00. The molecule has 0 saturated heterocycles. The topological polar surface area (TPSA) is 25.2 Å². The number of aryl methyl sites for hydroxylation is 2. The molecule has 0 saturated carbocycles. The molecule has 0 atom stereocenters. The number of benzene rings is 2. The van der Waals surface area contributed by atoms with Crippen molar-refractivity contribution in [3.8, 4) is 0 Å². The summed E-state index contributed by atoms with van der Waals surface area (Å²) in [5.41, 5.74) is 4.83. The third kappa shape index (κ3) is 2.23. The Morgan fingerprint density at radius 1 is 0.900 bits per heavy atom. The predicted octanol–water partition coefficient (Wildman–Crippen LogP) is 3.46. The Morgan fingerprint density at radius 3 is 2.35 bits per heavy atom. The van der Waals surface area contributed by atoms with Crippen LogP contribution in [0.4, 0.5) is 0 Å². The molecule has 0 fully saturated rings. The number of nitrogens with zero attached hydrogens (tertiary/aromatic N) is 1. The Balaban J connectivity index is 1.96. The summed E-state index contributed by atoms with van der Waals surface area (Å²) in [6.45, 7) is 0.103. The SMILES string of the molecule is Cn1c(CCc2ccccc2)c(CO)c2ccccc21. The van der Waals surface area contributed by atoms with Crippen LogP contribution in [0.15, 0.2) is 54.6 Å². The summed E-state index contributed by atoms with van der Waals surface area (Å²) in [6, 6.07) is 18.8. The van der Waals surface area contributed by atoms with Crippen LogP contribution < -0.4 is 0 Å². The zero-order chi connectivity index (χ0) is 13.9. The molecule has 1 aromatic heterocycles. The summed E-state index contributed by atoms with van der Waals surface area (Å²) in [6.07, 6.45) is 1.95. The van der Waals surface area contributed by atoms with Crippen molar-refractivity contribution in [1.29, 1.82) is 0 Å². The molecule has 2 nitrogen and oxygen atoms in total. The lowest BCUT2D eigenvalue weighted by Crippen LogP contribution is -2.02. The van der Waals surface area contributed by atoms with Gasteiger partial charge in [0, 0.05) is 29.2 Å². The van der Waals surface area contributed by atoms with E-state index in [1.165, 1.54) is 22.2 Å². The number of fused-ring (bicyclic) bond motifs is 1. The molecule has 0 unspecified atom stereocenters. The molecule has 0 spiro atoms. The van der Waals surface area contributed by atoms with Gasteiger partial charge in [0.15, 0.2) is 0 Å². The smallest absolute Gasteiger partial charge is 0.0705 e. The van der Waals surface area contributed by atoms with Crippen molar-refractivity contribution in [1.82, 2.24) is 4.57 Å². The average molecular weight is 265 g/mol. The minimum atomic E-state index is 0.103. The lowest BCUT2D eigenvalue weighted by atomic mass is 10.0. The van der Waals surface area contributed by atoms with Crippen LogP contribution in [0.5, 0.6) is 0 Å². The number of aliphatic hydroxyl groups excluding tert-OH is 1. The van der Waals surface area contributed by atoms with Gasteiger partial charge in [-0.05, 0) is 24.5 Å². The van der Waals surface area contributed by atoms with E-state index < -0.39 is 0 Å². The normalized spacial score (nSPS) is 11.1. The number of hydrogen-bond donors (Lipinski definition) is 1. The van der Waals surface area contributed by atoms with Crippen LogP contribution in [0.3, 0.4) is 0 Å². The average Bonchev–Trinajstić information content (AvgIpc) is 2.78. The Labute approximate surface area is 119 Å². The largest absolute Gasteiger partial charge is 0.392 e. The van der Waals surface area contributed by atoms with Gasteiger partial charge in [0.05, 0.1) is 6.61 Å². The summed E-state index contributed by atoms with van der Waals surface area (Å²) < 4.78 is 2.21. The maximum Gasteiger partial charge on any atom is 0.0705 e. The van der Waals surface area contributed by atoms with Crippen molar-refractivity contribution in [2.45, 2.75) is 19.4 Å². The van der Waals surface area contributed by atoms with Gasteiger partial charge in [-0.2, -0.15) is 0 Å².